The zero-order valence-corrected chi connectivity index (χ0v) is 10.6. The monoisotopic (exact) mass is 251 g/mol. The number of nitrogens with one attached hydrogen (secondary N) is 1. The molecule has 0 amide bonds. The van der Waals surface area contributed by atoms with Crippen LogP contribution in [0.3, 0.4) is 0 Å². The number of hydrogen-bond donors (Lipinski definition) is 1. The molecule has 5 heteroatoms. The standard InChI is InChI=1S/C11H13N3S2/c1-2-15-11-4-3-9(5-14-11)13-7-10-6-12-8-16-10/h3-6,8,13H,2,7H2,1H3. The molecular formula is C11H13N3S2. The summed E-state index contributed by atoms with van der Waals surface area (Å²) in [6, 6.07) is 4.11. The Hall–Kier alpha value is -1.07. The van der Waals surface area contributed by atoms with Gasteiger partial charge < -0.3 is 5.32 Å². The third-order valence-electron chi connectivity index (χ3n) is 1.98. The molecule has 0 aliphatic rings. The predicted molar refractivity (Wildman–Crippen MR) is 70.1 cm³/mol. The van der Waals surface area contributed by atoms with Gasteiger partial charge in [-0.3, -0.25) is 4.98 Å². The zero-order chi connectivity index (χ0) is 11.2. The molecule has 0 unspecified atom stereocenters. The summed E-state index contributed by atoms with van der Waals surface area (Å²) in [5.74, 6) is 1.06. The molecule has 16 heavy (non-hydrogen) atoms. The number of nitrogens with zero attached hydrogens (tertiary/aromatic N) is 2. The molecule has 0 aliphatic carbocycles. The predicted octanol–water partition coefficient (Wildman–Crippen LogP) is 3.26. The SMILES string of the molecule is CCSc1ccc(NCc2cncs2)cn1. The molecule has 84 valence electrons. The second kappa shape index (κ2) is 5.86. The summed E-state index contributed by atoms with van der Waals surface area (Å²) in [6.07, 6.45) is 3.76. The van der Waals surface area contributed by atoms with Crippen LogP contribution in [0.15, 0.2) is 35.1 Å². The Morgan fingerprint density at radius 3 is 2.94 bits per heavy atom. The van der Waals surface area contributed by atoms with Crippen molar-refractivity contribution >= 4 is 28.8 Å². The number of anilines is 1. The molecule has 0 spiro atoms. The highest BCUT2D eigenvalue weighted by Crippen LogP contribution is 2.17. The lowest BCUT2D eigenvalue weighted by Gasteiger charge is -2.04. The fourth-order valence-electron chi connectivity index (χ4n) is 1.24. The summed E-state index contributed by atoms with van der Waals surface area (Å²) in [7, 11) is 0. The van der Waals surface area contributed by atoms with Crippen molar-refractivity contribution in [1.29, 1.82) is 0 Å². The highest BCUT2D eigenvalue weighted by molar-refractivity contribution is 7.99. The Bertz CT molecular complexity index is 411. The van der Waals surface area contributed by atoms with Crippen molar-refractivity contribution in [3.05, 3.63) is 34.9 Å². The molecule has 2 rings (SSSR count). The van der Waals surface area contributed by atoms with Crippen LogP contribution in [0.1, 0.15) is 11.8 Å². The van der Waals surface area contributed by atoms with E-state index in [1.165, 1.54) is 4.88 Å². The van der Waals surface area contributed by atoms with E-state index in [4.69, 9.17) is 0 Å². The Kier molecular flexibility index (Phi) is 4.18. The molecule has 1 N–H and O–H groups in total. The van der Waals surface area contributed by atoms with Gasteiger partial charge in [-0.1, -0.05) is 6.92 Å². The second-order valence-corrected chi connectivity index (χ2v) is 5.39. The van der Waals surface area contributed by atoms with Gasteiger partial charge in [0.2, 0.25) is 0 Å². The minimum atomic E-state index is 0.812. The van der Waals surface area contributed by atoms with Gasteiger partial charge in [-0.2, -0.15) is 0 Å². The molecule has 3 nitrogen and oxygen atoms in total. The maximum Gasteiger partial charge on any atom is 0.0961 e. The van der Waals surface area contributed by atoms with E-state index in [1.54, 1.807) is 23.1 Å². The summed E-state index contributed by atoms with van der Waals surface area (Å²) in [5.41, 5.74) is 2.89. The van der Waals surface area contributed by atoms with E-state index < -0.39 is 0 Å². The summed E-state index contributed by atoms with van der Waals surface area (Å²) >= 11 is 3.41. The molecule has 0 bridgehead atoms. The molecule has 0 aromatic carbocycles. The van der Waals surface area contributed by atoms with Crippen molar-refractivity contribution in [1.82, 2.24) is 9.97 Å². The first kappa shape index (κ1) is 11.4. The van der Waals surface area contributed by atoms with Crippen LogP contribution in [-0.4, -0.2) is 15.7 Å². The summed E-state index contributed by atoms with van der Waals surface area (Å²) in [6.45, 7) is 2.94. The lowest BCUT2D eigenvalue weighted by Crippen LogP contribution is -1.97. The number of rotatable bonds is 5. The van der Waals surface area contributed by atoms with Crippen LogP contribution in [0.2, 0.25) is 0 Å². The molecule has 0 aliphatic heterocycles. The molecule has 0 radical (unpaired) electrons. The maximum atomic E-state index is 4.36. The first-order chi connectivity index (χ1) is 7.88. The Morgan fingerprint density at radius 2 is 2.31 bits per heavy atom. The van der Waals surface area contributed by atoms with E-state index in [-0.39, 0.29) is 0 Å². The highest BCUT2D eigenvalue weighted by atomic mass is 32.2. The van der Waals surface area contributed by atoms with Crippen LogP contribution in [0.4, 0.5) is 5.69 Å². The largest absolute Gasteiger partial charge is 0.379 e. The number of aromatic nitrogens is 2. The molecular weight excluding hydrogens is 238 g/mol. The van der Waals surface area contributed by atoms with Crippen LogP contribution in [0, 0.1) is 0 Å². The number of thiazole rings is 1. The van der Waals surface area contributed by atoms with Gasteiger partial charge in [-0.25, -0.2) is 4.98 Å². The third kappa shape index (κ3) is 3.21. The number of thioether (sulfide) groups is 1. The minimum Gasteiger partial charge on any atom is -0.379 e. The van der Waals surface area contributed by atoms with E-state index >= 15 is 0 Å². The van der Waals surface area contributed by atoms with Gasteiger partial charge in [0.1, 0.15) is 0 Å². The van der Waals surface area contributed by atoms with Crippen LogP contribution in [0.5, 0.6) is 0 Å². The Morgan fingerprint density at radius 1 is 1.38 bits per heavy atom. The number of hydrogen-bond acceptors (Lipinski definition) is 5. The van der Waals surface area contributed by atoms with Crippen molar-refractivity contribution in [2.24, 2.45) is 0 Å². The Labute approximate surface area is 103 Å². The van der Waals surface area contributed by atoms with E-state index in [0.717, 1.165) is 23.0 Å². The first-order valence-corrected chi connectivity index (χ1v) is 6.95. The minimum absolute atomic E-state index is 0.812. The van der Waals surface area contributed by atoms with E-state index in [2.05, 4.69) is 28.3 Å². The van der Waals surface area contributed by atoms with Crippen LogP contribution < -0.4 is 5.32 Å². The normalized spacial score (nSPS) is 10.3. The van der Waals surface area contributed by atoms with E-state index in [0.29, 0.717) is 0 Å². The van der Waals surface area contributed by atoms with Gasteiger partial charge in [0, 0.05) is 11.1 Å². The van der Waals surface area contributed by atoms with Crippen molar-refractivity contribution in [3.63, 3.8) is 0 Å². The molecule has 0 saturated heterocycles. The van der Waals surface area contributed by atoms with Gasteiger partial charge in [0.05, 0.1) is 29.0 Å². The first-order valence-electron chi connectivity index (χ1n) is 5.08. The van der Waals surface area contributed by atoms with Crippen molar-refractivity contribution in [3.8, 4) is 0 Å². The molecule has 2 aromatic rings. The Balaban J connectivity index is 1.90. The van der Waals surface area contributed by atoms with Gasteiger partial charge in [-0.15, -0.1) is 23.1 Å². The lowest BCUT2D eigenvalue weighted by atomic mass is 10.4. The lowest BCUT2D eigenvalue weighted by molar-refractivity contribution is 1.10. The summed E-state index contributed by atoms with van der Waals surface area (Å²) in [4.78, 5) is 9.62. The smallest absolute Gasteiger partial charge is 0.0961 e. The highest BCUT2D eigenvalue weighted by Gasteiger charge is 1.97. The van der Waals surface area contributed by atoms with Crippen molar-refractivity contribution in [2.45, 2.75) is 18.5 Å². The van der Waals surface area contributed by atoms with Gasteiger partial charge in [0.25, 0.3) is 0 Å². The van der Waals surface area contributed by atoms with E-state index in [9.17, 15) is 0 Å². The molecule has 0 atom stereocenters. The van der Waals surface area contributed by atoms with Crippen LogP contribution in [-0.2, 0) is 6.54 Å². The summed E-state index contributed by atoms with van der Waals surface area (Å²) in [5, 5.41) is 4.39. The van der Waals surface area contributed by atoms with Crippen LogP contribution in [0.25, 0.3) is 0 Å². The summed E-state index contributed by atoms with van der Waals surface area (Å²) < 4.78 is 0. The zero-order valence-electron chi connectivity index (χ0n) is 9.01. The second-order valence-electron chi connectivity index (χ2n) is 3.14. The average molecular weight is 251 g/mol. The third-order valence-corrected chi connectivity index (χ3v) is 3.58. The average Bonchev–Trinajstić information content (AvgIpc) is 2.82. The fraction of sp³-hybridized carbons (Fsp3) is 0.273. The van der Waals surface area contributed by atoms with Gasteiger partial charge in [0.15, 0.2) is 0 Å². The molecule has 0 saturated carbocycles. The fourth-order valence-corrected chi connectivity index (χ4v) is 2.36. The number of pyridine rings is 1. The molecule has 2 heterocycles. The maximum absolute atomic E-state index is 4.36. The van der Waals surface area contributed by atoms with E-state index in [1.807, 2.05) is 24.0 Å². The van der Waals surface area contributed by atoms with Gasteiger partial charge in [-0.05, 0) is 17.9 Å². The quantitative estimate of drug-likeness (QED) is 0.828. The van der Waals surface area contributed by atoms with Crippen LogP contribution >= 0.6 is 23.1 Å². The molecule has 2 aromatic heterocycles. The molecule has 0 fully saturated rings. The topological polar surface area (TPSA) is 37.8 Å². The van der Waals surface area contributed by atoms with Gasteiger partial charge >= 0.3 is 0 Å². The van der Waals surface area contributed by atoms with Crippen molar-refractivity contribution < 1.29 is 0 Å². The van der Waals surface area contributed by atoms with Crippen molar-refractivity contribution in [2.75, 3.05) is 11.1 Å².